The van der Waals surface area contributed by atoms with Crippen molar-refractivity contribution in [2.24, 2.45) is 5.73 Å². The van der Waals surface area contributed by atoms with E-state index in [4.69, 9.17) is 28.9 Å². The lowest BCUT2D eigenvalue weighted by molar-refractivity contribution is -0.135. The molecule has 1 aromatic carbocycles. The third-order valence-electron chi connectivity index (χ3n) is 2.01. The Labute approximate surface area is 95.6 Å². The molecule has 82 valence electrons. The van der Waals surface area contributed by atoms with E-state index in [2.05, 4.69) is 0 Å². The topological polar surface area (TPSA) is 63.3 Å². The molecular formula is C9H8Cl2FNO2. The number of carbonyl (C=O) groups is 1. The van der Waals surface area contributed by atoms with Gasteiger partial charge in [0.05, 0.1) is 5.02 Å². The molecule has 0 fully saturated rings. The predicted octanol–water partition coefficient (Wildman–Crippen LogP) is 1.83. The van der Waals surface area contributed by atoms with Gasteiger partial charge in [-0.05, 0) is 19.1 Å². The van der Waals surface area contributed by atoms with Crippen molar-refractivity contribution in [2.75, 3.05) is 0 Å². The Bertz CT molecular complexity index is 421. The van der Waals surface area contributed by atoms with Crippen molar-refractivity contribution in [3.05, 3.63) is 33.6 Å². The molecule has 0 bridgehead atoms. The monoisotopic (exact) mass is 251 g/mol. The van der Waals surface area contributed by atoms with Crippen LogP contribution in [0, 0.1) is 5.82 Å². The summed E-state index contributed by atoms with van der Waals surface area (Å²) in [7, 11) is 0. The number of hydrogen-bond donors (Lipinski definition) is 2. The van der Waals surface area contributed by atoms with Crippen LogP contribution in [0.3, 0.4) is 0 Å². The number of halogens is 3. The maximum atomic E-state index is 13.1. The molecule has 1 amide bonds. The second-order valence-corrected chi connectivity index (χ2v) is 4.00. The molecule has 0 aromatic heterocycles. The Hall–Kier alpha value is -0.840. The minimum Gasteiger partial charge on any atom is -0.375 e. The van der Waals surface area contributed by atoms with Gasteiger partial charge in [-0.1, -0.05) is 23.2 Å². The molecule has 1 atom stereocenters. The fourth-order valence-corrected chi connectivity index (χ4v) is 1.60. The summed E-state index contributed by atoms with van der Waals surface area (Å²) in [6, 6.07) is 1.99. The van der Waals surface area contributed by atoms with Crippen LogP contribution < -0.4 is 5.73 Å². The maximum absolute atomic E-state index is 13.1. The lowest BCUT2D eigenvalue weighted by Crippen LogP contribution is -2.38. The molecule has 0 heterocycles. The minimum atomic E-state index is -2.03. The molecule has 1 aromatic rings. The van der Waals surface area contributed by atoms with Gasteiger partial charge in [-0.15, -0.1) is 0 Å². The van der Waals surface area contributed by atoms with Crippen LogP contribution in [0.15, 0.2) is 12.1 Å². The van der Waals surface area contributed by atoms with E-state index in [-0.39, 0.29) is 15.6 Å². The summed E-state index contributed by atoms with van der Waals surface area (Å²) in [5.41, 5.74) is 2.82. The first-order chi connectivity index (χ1) is 6.76. The quantitative estimate of drug-likeness (QED) is 0.788. The van der Waals surface area contributed by atoms with Crippen LogP contribution in [-0.4, -0.2) is 11.0 Å². The second-order valence-electron chi connectivity index (χ2n) is 3.18. The number of benzene rings is 1. The number of amides is 1. The Morgan fingerprint density at radius 2 is 2.00 bits per heavy atom. The highest BCUT2D eigenvalue weighted by atomic mass is 35.5. The molecule has 0 aliphatic carbocycles. The van der Waals surface area contributed by atoms with Gasteiger partial charge < -0.3 is 10.8 Å². The number of aliphatic hydroxyl groups is 1. The van der Waals surface area contributed by atoms with Crippen LogP contribution in [0.2, 0.25) is 10.0 Å². The van der Waals surface area contributed by atoms with Gasteiger partial charge in [0.25, 0.3) is 5.91 Å². The lowest BCUT2D eigenvalue weighted by atomic mass is 9.95. The predicted molar refractivity (Wildman–Crippen MR) is 55.2 cm³/mol. The average Bonchev–Trinajstić information content (AvgIpc) is 2.10. The first kappa shape index (κ1) is 12.2. The number of nitrogens with two attached hydrogens (primary N) is 1. The highest BCUT2D eigenvalue weighted by molar-refractivity contribution is 6.35. The fourth-order valence-electron chi connectivity index (χ4n) is 1.03. The van der Waals surface area contributed by atoms with Gasteiger partial charge in [0, 0.05) is 10.6 Å². The summed E-state index contributed by atoms with van der Waals surface area (Å²) in [5, 5.41) is 9.48. The lowest BCUT2D eigenvalue weighted by Gasteiger charge is -2.21. The van der Waals surface area contributed by atoms with Crippen LogP contribution in [0.1, 0.15) is 12.5 Å². The third kappa shape index (κ3) is 2.22. The second kappa shape index (κ2) is 3.96. The van der Waals surface area contributed by atoms with Crippen LogP contribution in [0.25, 0.3) is 0 Å². The molecule has 3 nitrogen and oxygen atoms in total. The van der Waals surface area contributed by atoms with Crippen molar-refractivity contribution >= 4 is 29.1 Å². The zero-order valence-electron chi connectivity index (χ0n) is 7.72. The first-order valence-corrected chi connectivity index (χ1v) is 4.69. The molecule has 0 saturated heterocycles. The highest BCUT2D eigenvalue weighted by Gasteiger charge is 2.33. The van der Waals surface area contributed by atoms with E-state index in [1.165, 1.54) is 0 Å². The summed E-state index contributed by atoms with van der Waals surface area (Å²) in [4.78, 5) is 10.9. The highest BCUT2D eigenvalue weighted by Crippen LogP contribution is 2.31. The van der Waals surface area contributed by atoms with Gasteiger partial charge in [-0.2, -0.15) is 0 Å². The van der Waals surface area contributed by atoms with Crippen LogP contribution in [-0.2, 0) is 10.4 Å². The molecular weight excluding hydrogens is 244 g/mol. The van der Waals surface area contributed by atoms with Crippen molar-refractivity contribution in [3.63, 3.8) is 0 Å². The molecule has 0 aliphatic heterocycles. The van der Waals surface area contributed by atoms with Crippen LogP contribution in [0.4, 0.5) is 4.39 Å². The Balaban J connectivity index is 3.38. The molecule has 1 rings (SSSR count). The van der Waals surface area contributed by atoms with Gasteiger partial charge in [-0.3, -0.25) is 4.79 Å². The van der Waals surface area contributed by atoms with E-state index in [0.717, 1.165) is 19.1 Å². The molecule has 15 heavy (non-hydrogen) atoms. The first-order valence-electron chi connectivity index (χ1n) is 3.94. The standard InChI is InChI=1S/C9H8Cl2FNO2/c1-9(15,8(13)14)4-2-7(12)6(11)3-5(4)10/h2-3,15H,1H3,(H2,13,14). The largest absolute Gasteiger partial charge is 0.375 e. The van der Waals surface area contributed by atoms with E-state index in [0.29, 0.717) is 0 Å². The van der Waals surface area contributed by atoms with Crippen molar-refractivity contribution in [2.45, 2.75) is 12.5 Å². The zero-order valence-corrected chi connectivity index (χ0v) is 9.23. The smallest absolute Gasteiger partial charge is 0.253 e. The number of primary amides is 1. The van der Waals surface area contributed by atoms with E-state index >= 15 is 0 Å². The SMILES string of the molecule is CC(O)(C(N)=O)c1cc(F)c(Cl)cc1Cl. The normalized spacial score (nSPS) is 14.7. The summed E-state index contributed by atoms with van der Waals surface area (Å²) >= 11 is 11.2. The molecule has 0 aliphatic rings. The van der Waals surface area contributed by atoms with E-state index in [1.807, 2.05) is 0 Å². The Morgan fingerprint density at radius 3 is 2.47 bits per heavy atom. The van der Waals surface area contributed by atoms with E-state index < -0.39 is 17.3 Å². The third-order valence-corrected chi connectivity index (χ3v) is 2.62. The summed E-state index contributed by atoms with van der Waals surface area (Å²) in [6.07, 6.45) is 0. The van der Waals surface area contributed by atoms with Crippen molar-refractivity contribution in [1.82, 2.24) is 0 Å². The summed E-state index contributed by atoms with van der Waals surface area (Å²) < 4.78 is 13.1. The van der Waals surface area contributed by atoms with E-state index in [1.54, 1.807) is 0 Å². The summed E-state index contributed by atoms with van der Waals surface area (Å²) in [6.45, 7) is 1.13. The molecule has 0 radical (unpaired) electrons. The summed E-state index contributed by atoms with van der Waals surface area (Å²) in [5.74, 6) is -1.80. The molecule has 6 heteroatoms. The van der Waals surface area contributed by atoms with Gasteiger partial charge in [0.15, 0.2) is 5.60 Å². The molecule has 3 N–H and O–H groups in total. The van der Waals surface area contributed by atoms with Gasteiger partial charge in [-0.25, -0.2) is 4.39 Å². The fraction of sp³-hybridized carbons (Fsp3) is 0.222. The van der Waals surface area contributed by atoms with Gasteiger partial charge in [0.1, 0.15) is 5.82 Å². The van der Waals surface area contributed by atoms with Gasteiger partial charge in [0.2, 0.25) is 0 Å². The van der Waals surface area contributed by atoms with Crippen molar-refractivity contribution in [3.8, 4) is 0 Å². The molecule has 1 unspecified atom stereocenters. The van der Waals surface area contributed by atoms with E-state index in [9.17, 15) is 14.3 Å². The number of hydrogen-bond acceptors (Lipinski definition) is 2. The average molecular weight is 252 g/mol. The van der Waals surface area contributed by atoms with Crippen LogP contribution in [0.5, 0.6) is 0 Å². The Kier molecular flexibility index (Phi) is 3.23. The maximum Gasteiger partial charge on any atom is 0.253 e. The van der Waals surface area contributed by atoms with Crippen molar-refractivity contribution in [1.29, 1.82) is 0 Å². The zero-order chi connectivity index (χ0) is 11.8. The van der Waals surface area contributed by atoms with Gasteiger partial charge >= 0.3 is 0 Å². The number of carbonyl (C=O) groups excluding carboxylic acids is 1. The Morgan fingerprint density at radius 1 is 1.47 bits per heavy atom. The van der Waals surface area contributed by atoms with Crippen LogP contribution >= 0.6 is 23.2 Å². The minimum absolute atomic E-state index is 0.0230. The van der Waals surface area contributed by atoms with Crippen molar-refractivity contribution < 1.29 is 14.3 Å². The number of rotatable bonds is 2. The molecule has 0 saturated carbocycles. The molecule has 0 spiro atoms.